The van der Waals surface area contributed by atoms with E-state index in [0.29, 0.717) is 32.6 Å². The molecule has 0 bridgehead atoms. The van der Waals surface area contributed by atoms with Crippen molar-refractivity contribution in [2.75, 3.05) is 13.1 Å². The maximum Gasteiger partial charge on any atom is 0.223 e. The zero-order chi connectivity index (χ0) is 13.7. The van der Waals surface area contributed by atoms with E-state index < -0.39 is 0 Å². The molecule has 19 heavy (non-hydrogen) atoms. The van der Waals surface area contributed by atoms with Gasteiger partial charge in [-0.25, -0.2) is 0 Å². The lowest BCUT2D eigenvalue weighted by Gasteiger charge is -2.16. The summed E-state index contributed by atoms with van der Waals surface area (Å²) in [5.41, 5.74) is 16.1. The van der Waals surface area contributed by atoms with Crippen LogP contribution in [0.5, 0.6) is 0 Å². The molecule has 1 aromatic rings. The SMILES string of the molecule is [N-]=[N+]=NCC1CC(=O)N(Cc2cccc(CN)c2)C1. The second-order valence-corrected chi connectivity index (χ2v) is 4.78. The summed E-state index contributed by atoms with van der Waals surface area (Å²) < 4.78 is 0. The molecule has 0 radical (unpaired) electrons. The first-order chi connectivity index (χ1) is 9.22. The summed E-state index contributed by atoms with van der Waals surface area (Å²) in [7, 11) is 0. The first-order valence-electron chi connectivity index (χ1n) is 6.29. The van der Waals surface area contributed by atoms with Crippen molar-refractivity contribution in [3.05, 3.63) is 45.8 Å². The molecule has 1 fully saturated rings. The summed E-state index contributed by atoms with van der Waals surface area (Å²) >= 11 is 0. The third-order valence-corrected chi connectivity index (χ3v) is 3.30. The van der Waals surface area contributed by atoms with Gasteiger partial charge < -0.3 is 10.6 Å². The van der Waals surface area contributed by atoms with E-state index in [4.69, 9.17) is 11.3 Å². The Balaban J connectivity index is 1.99. The molecule has 0 aromatic heterocycles. The van der Waals surface area contributed by atoms with Gasteiger partial charge in [-0.15, -0.1) is 0 Å². The van der Waals surface area contributed by atoms with Crippen LogP contribution in [0.15, 0.2) is 29.4 Å². The predicted octanol–water partition coefficient (Wildman–Crippen LogP) is 1.80. The molecular formula is C13H17N5O. The number of hydrogen-bond acceptors (Lipinski definition) is 3. The minimum absolute atomic E-state index is 0.122. The smallest absolute Gasteiger partial charge is 0.223 e. The number of nitrogens with zero attached hydrogens (tertiary/aromatic N) is 4. The predicted molar refractivity (Wildman–Crippen MR) is 71.9 cm³/mol. The Morgan fingerprint density at radius 3 is 3.00 bits per heavy atom. The summed E-state index contributed by atoms with van der Waals surface area (Å²) in [4.78, 5) is 16.4. The number of azide groups is 1. The van der Waals surface area contributed by atoms with E-state index in [1.54, 1.807) is 0 Å². The molecule has 100 valence electrons. The Kier molecular flexibility index (Phi) is 4.39. The maximum absolute atomic E-state index is 11.9. The van der Waals surface area contributed by atoms with E-state index in [2.05, 4.69) is 10.0 Å². The summed E-state index contributed by atoms with van der Waals surface area (Å²) in [6.45, 7) is 2.15. The van der Waals surface area contributed by atoms with Crippen LogP contribution >= 0.6 is 0 Å². The molecule has 6 heteroatoms. The third kappa shape index (κ3) is 3.47. The van der Waals surface area contributed by atoms with Gasteiger partial charge in [0.1, 0.15) is 0 Å². The first-order valence-corrected chi connectivity index (χ1v) is 6.29. The van der Waals surface area contributed by atoms with E-state index in [0.717, 1.165) is 11.1 Å². The van der Waals surface area contributed by atoms with Crippen LogP contribution in [0.3, 0.4) is 0 Å². The normalized spacial score (nSPS) is 18.5. The van der Waals surface area contributed by atoms with Crippen molar-refractivity contribution < 1.29 is 4.79 Å². The van der Waals surface area contributed by atoms with Crippen LogP contribution in [0.4, 0.5) is 0 Å². The topological polar surface area (TPSA) is 95.1 Å². The van der Waals surface area contributed by atoms with Gasteiger partial charge in [0.25, 0.3) is 0 Å². The molecule has 1 saturated heterocycles. The maximum atomic E-state index is 11.9. The summed E-state index contributed by atoms with van der Waals surface area (Å²) in [6, 6.07) is 7.94. The zero-order valence-electron chi connectivity index (χ0n) is 10.7. The van der Waals surface area contributed by atoms with Crippen LogP contribution in [-0.2, 0) is 17.9 Å². The fraction of sp³-hybridized carbons (Fsp3) is 0.462. The highest BCUT2D eigenvalue weighted by Crippen LogP contribution is 2.20. The van der Waals surface area contributed by atoms with Gasteiger partial charge in [0.05, 0.1) is 0 Å². The van der Waals surface area contributed by atoms with Crippen molar-refractivity contribution in [1.29, 1.82) is 0 Å². The van der Waals surface area contributed by atoms with Gasteiger partial charge >= 0.3 is 0 Å². The number of carbonyl (C=O) groups excluding carboxylic acids is 1. The fourth-order valence-corrected chi connectivity index (χ4v) is 2.36. The van der Waals surface area contributed by atoms with E-state index in [1.807, 2.05) is 29.2 Å². The Morgan fingerprint density at radius 1 is 1.47 bits per heavy atom. The molecule has 0 saturated carbocycles. The minimum atomic E-state index is 0.122. The standard InChI is InChI=1S/C13H17N5O/c14-6-10-2-1-3-11(4-10)8-18-9-12(5-13(18)19)7-16-17-15/h1-4,12H,5-9,14H2. The van der Waals surface area contributed by atoms with E-state index in [9.17, 15) is 4.79 Å². The van der Waals surface area contributed by atoms with Crippen LogP contribution in [0.2, 0.25) is 0 Å². The number of amides is 1. The van der Waals surface area contributed by atoms with Crippen LogP contribution < -0.4 is 5.73 Å². The minimum Gasteiger partial charge on any atom is -0.338 e. The largest absolute Gasteiger partial charge is 0.338 e. The number of carbonyl (C=O) groups is 1. The number of likely N-dealkylation sites (tertiary alicyclic amines) is 1. The molecule has 0 aliphatic carbocycles. The monoisotopic (exact) mass is 259 g/mol. The van der Waals surface area contributed by atoms with Crippen molar-refractivity contribution in [1.82, 2.24) is 4.90 Å². The van der Waals surface area contributed by atoms with E-state index in [-0.39, 0.29) is 11.8 Å². The van der Waals surface area contributed by atoms with Gasteiger partial charge in [0.15, 0.2) is 0 Å². The molecule has 1 amide bonds. The van der Waals surface area contributed by atoms with Crippen LogP contribution in [0, 0.1) is 5.92 Å². The fourth-order valence-electron chi connectivity index (χ4n) is 2.36. The van der Waals surface area contributed by atoms with E-state index in [1.165, 1.54) is 0 Å². The van der Waals surface area contributed by atoms with Crippen molar-refractivity contribution >= 4 is 5.91 Å². The van der Waals surface area contributed by atoms with Crippen LogP contribution in [0.1, 0.15) is 17.5 Å². The molecule has 1 heterocycles. The van der Waals surface area contributed by atoms with E-state index >= 15 is 0 Å². The zero-order valence-corrected chi connectivity index (χ0v) is 10.7. The molecule has 1 atom stereocenters. The lowest BCUT2D eigenvalue weighted by molar-refractivity contribution is -0.128. The van der Waals surface area contributed by atoms with Crippen LogP contribution in [0.25, 0.3) is 10.4 Å². The Bertz CT molecular complexity index is 510. The van der Waals surface area contributed by atoms with Gasteiger partial charge in [0.2, 0.25) is 5.91 Å². The molecule has 1 aliphatic heterocycles. The summed E-state index contributed by atoms with van der Waals surface area (Å²) in [5.74, 6) is 0.261. The number of hydrogen-bond donors (Lipinski definition) is 1. The van der Waals surface area contributed by atoms with Gasteiger partial charge in [-0.1, -0.05) is 29.4 Å². The highest BCUT2D eigenvalue weighted by Gasteiger charge is 2.28. The summed E-state index contributed by atoms with van der Waals surface area (Å²) in [6.07, 6.45) is 0.468. The Labute approximate surface area is 111 Å². The molecule has 2 N–H and O–H groups in total. The number of nitrogens with two attached hydrogens (primary N) is 1. The molecule has 6 nitrogen and oxygen atoms in total. The first kappa shape index (κ1) is 13.4. The highest BCUT2D eigenvalue weighted by molar-refractivity contribution is 5.78. The highest BCUT2D eigenvalue weighted by atomic mass is 16.2. The van der Waals surface area contributed by atoms with Crippen molar-refractivity contribution in [2.24, 2.45) is 16.8 Å². The molecule has 1 aliphatic rings. The lowest BCUT2D eigenvalue weighted by atomic mass is 10.1. The molecule has 0 spiro atoms. The van der Waals surface area contributed by atoms with Gasteiger partial charge in [-0.05, 0) is 22.6 Å². The van der Waals surface area contributed by atoms with Crippen molar-refractivity contribution in [3.8, 4) is 0 Å². The molecule has 1 aromatic carbocycles. The van der Waals surface area contributed by atoms with Gasteiger partial charge in [-0.2, -0.15) is 0 Å². The number of benzene rings is 1. The van der Waals surface area contributed by atoms with Crippen molar-refractivity contribution in [3.63, 3.8) is 0 Å². The molecular weight excluding hydrogens is 242 g/mol. The quantitative estimate of drug-likeness (QED) is 0.496. The lowest BCUT2D eigenvalue weighted by Crippen LogP contribution is -2.24. The Morgan fingerprint density at radius 2 is 2.26 bits per heavy atom. The Hall–Kier alpha value is -2.04. The molecule has 1 unspecified atom stereocenters. The van der Waals surface area contributed by atoms with Gasteiger partial charge in [0, 0.05) is 37.5 Å². The second-order valence-electron chi connectivity index (χ2n) is 4.78. The molecule has 2 rings (SSSR count). The average molecular weight is 259 g/mol. The number of rotatable bonds is 5. The average Bonchev–Trinajstić information content (AvgIpc) is 2.77. The second kappa shape index (κ2) is 6.22. The van der Waals surface area contributed by atoms with Gasteiger partial charge in [-0.3, -0.25) is 4.79 Å². The van der Waals surface area contributed by atoms with Crippen molar-refractivity contribution in [2.45, 2.75) is 19.5 Å². The third-order valence-electron chi connectivity index (χ3n) is 3.30. The summed E-state index contributed by atoms with van der Waals surface area (Å²) in [5, 5.41) is 3.54. The van der Waals surface area contributed by atoms with Crippen LogP contribution in [-0.4, -0.2) is 23.9 Å².